The molecule has 1 saturated heterocycles. The van der Waals surface area contributed by atoms with Crippen molar-refractivity contribution in [2.75, 3.05) is 42.7 Å². The lowest BCUT2D eigenvalue weighted by Crippen LogP contribution is -2.50. The largest absolute Gasteiger partial charge is 0.368 e. The molecule has 0 amide bonds. The van der Waals surface area contributed by atoms with Gasteiger partial charge in [-0.2, -0.15) is 9.97 Å². The molecule has 5 N–H and O–H groups in total. The molecule has 17 heavy (non-hydrogen) atoms. The topological polar surface area (TPSA) is 96.3 Å². The third-order valence-corrected chi connectivity index (χ3v) is 3.00. The smallest absolute Gasteiger partial charge is 0.223 e. The normalized spacial score (nSPS) is 21.6. The molecule has 1 aliphatic rings. The van der Waals surface area contributed by atoms with Gasteiger partial charge in [-0.1, -0.05) is 0 Å². The molecule has 0 aromatic carbocycles. The van der Waals surface area contributed by atoms with E-state index in [0.29, 0.717) is 11.9 Å². The maximum atomic E-state index is 5.66. The lowest BCUT2D eigenvalue weighted by molar-refractivity contribution is 0.274. The number of rotatable bonds is 2. The number of hydrogen-bond acceptors (Lipinski definition) is 7. The minimum Gasteiger partial charge on any atom is -0.368 e. The molecule has 7 nitrogen and oxygen atoms in total. The molecule has 0 bridgehead atoms. The minimum absolute atomic E-state index is 0.238. The Bertz CT molecular complexity index is 394. The Balaban J connectivity index is 2.24. The standard InChI is InChI=1S/C10H19N7/c1-7-6-16(2)3-4-17(7)9-5-8(15-12)13-10(11)14-9/h5,7H,3-4,6,12H2,1-2H3,(H3,11,13,14,15). The second-order valence-corrected chi connectivity index (χ2v) is 4.42. The van der Waals surface area contributed by atoms with Gasteiger partial charge in [0.15, 0.2) is 0 Å². The summed E-state index contributed by atoms with van der Waals surface area (Å²) in [6.07, 6.45) is 0. The van der Waals surface area contributed by atoms with Gasteiger partial charge >= 0.3 is 0 Å². The van der Waals surface area contributed by atoms with Crippen molar-refractivity contribution in [1.82, 2.24) is 14.9 Å². The molecule has 2 rings (SSSR count). The van der Waals surface area contributed by atoms with Crippen LogP contribution in [-0.4, -0.2) is 47.6 Å². The molecule has 94 valence electrons. The van der Waals surface area contributed by atoms with E-state index < -0.39 is 0 Å². The van der Waals surface area contributed by atoms with Gasteiger partial charge in [0.25, 0.3) is 0 Å². The SMILES string of the molecule is CC1CN(C)CCN1c1cc(NN)nc(N)n1. The van der Waals surface area contributed by atoms with E-state index in [2.05, 4.69) is 39.2 Å². The molecule has 2 heterocycles. The molecule has 1 unspecified atom stereocenters. The summed E-state index contributed by atoms with van der Waals surface area (Å²) in [5, 5.41) is 0. The lowest BCUT2D eigenvalue weighted by Gasteiger charge is -2.39. The molecule has 7 heteroatoms. The van der Waals surface area contributed by atoms with Crippen LogP contribution in [0.25, 0.3) is 0 Å². The summed E-state index contributed by atoms with van der Waals surface area (Å²) in [7, 11) is 2.12. The Morgan fingerprint density at radius 1 is 1.41 bits per heavy atom. The predicted molar refractivity (Wildman–Crippen MR) is 68.6 cm³/mol. The van der Waals surface area contributed by atoms with Crippen molar-refractivity contribution in [2.24, 2.45) is 5.84 Å². The molecule has 1 aliphatic heterocycles. The quantitative estimate of drug-likeness (QED) is 0.470. The van der Waals surface area contributed by atoms with Crippen molar-refractivity contribution in [1.29, 1.82) is 0 Å². The van der Waals surface area contributed by atoms with E-state index >= 15 is 0 Å². The number of nitrogen functional groups attached to an aromatic ring is 2. The summed E-state index contributed by atoms with van der Waals surface area (Å²) in [5.74, 6) is 6.95. The van der Waals surface area contributed by atoms with Gasteiger partial charge < -0.3 is 21.0 Å². The van der Waals surface area contributed by atoms with Gasteiger partial charge in [-0.15, -0.1) is 0 Å². The average Bonchev–Trinajstić information content (AvgIpc) is 2.28. The van der Waals surface area contributed by atoms with Gasteiger partial charge in [-0.25, -0.2) is 5.84 Å². The van der Waals surface area contributed by atoms with E-state index in [1.165, 1.54) is 0 Å². The van der Waals surface area contributed by atoms with Crippen LogP contribution in [0.4, 0.5) is 17.6 Å². The number of hydrogen-bond donors (Lipinski definition) is 3. The Morgan fingerprint density at radius 2 is 2.18 bits per heavy atom. The lowest BCUT2D eigenvalue weighted by atomic mass is 10.2. The zero-order chi connectivity index (χ0) is 12.4. The van der Waals surface area contributed by atoms with Crippen LogP contribution >= 0.6 is 0 Å². The summed E-state index contributed by atoms with van der Waals surface area (Å²) in [5.41, 5.74) is 8.16. The molecule has 1 fully saturated rings. The van der Waals surface area contributed by atoms with Gasteiger partial charge in [0.1, 0.15) is 11.6 Å². The van der Waals surface area contributed by atoms with Crippen molar-refractivity contribution in [3.63, 3.8) is 0 Å². The maximum absolute atomic E-state index is 5.66. The molecule has 1 atom stereocenters. The van der Waals surface area contributed by atoms with Gasteiger partial charge in [0, 0.05) is 31.7 Å². The number of likely N-dealkylation sites (N-methyl/N-ethyl adjacent to an activating group) is 1. The van der Waals surface area contributed by atoms with Crippen molar-refractivity contribution in [3.8, 4) is 0 Å². The van der Waals surface area contributed by atoms with Gasteiger partial charge in [-0.3, -0.25) is 0 Å². The highest BCUT2D eigenvalue weighted by atomic mass is 15.3. The third-order valence-electron chi connectivity index (χ3n) is 3.00. The Labute approximate surface area is 101 Å². The summed E-state index contributed by atoms with van der Waals surface area (Å²) in [6.45, 7) is 5.12. The van der Waals surface area contributed by atoms with Gasteiger partial charge in [0.2, 0.25) is 5.95 Å². The molecule has 0 spiro atoms. The van der Waals surface area contributed by atoms with Crippen LogP contribution in [0, 0.1) is 0 Å². The van der Waals surface area contributed by atoms with E-state index in [0.717, 1.165) is 25.5 Å². The van der Waals surface area contributed by atoms with Crippen molar-refractivity contribution >= 4 is 17.6 Å². The first-order valence-corrected chi connectivity index (χ1v) is 5.66. The van der Waals surface area contributed by atoms with Crippen molar-refractivity contribution in [3.05, 3.63) is 6.07 Å². The Morgan fingerprint density at radius 3 is 2.82 bits per heavy atom. The molecule has 0 radical (unpaired) electrons. The highest BCUT2D eigenvalue weighted by Gasteiger charge is 2.23. The van der Waals surface area contributed by atoms with Crippen LogP contribution in [0.5, 0.6) is 0 Å². The summed E-state index contributed by atoms with van der Waals surface area (Å²) < 4.78 is 0. The van der Waals surface area contributed by atoms with Crippen molar-refractivity contribution < 1.29 is 0 Å². The fraction of sp³-hybridized carbons (Fsp3) is 0.600. The zero-order valence-electron chi connectivity index (χ0n) is 10.2. The number of nitrogens with one attached hydrogen (secondary N) is 1. The molecular formula is C10H19N7. The number of nitrogens with two attached hydrogens (primary N) is 2. The molecule has 0 saturated carbocycles. The van der Waals surface area contributed by atoms with Crippen LogP contribution in [0.2, 0.25) is 0 Å². The van der Waals surface area contributed by atoms with Gasteiger partial charge in [-0.05, 0) is 14.0 Å². The Hall–Kier alpha value is -1.60. The first kappa shape index (κ1) is 11.9. The van der Waals surface area contributed by atoms with E-state index in [1.807, 2.05) is 6.07 Å². The number of anilines is 3. The molecular weight excluding hydrogens is 218 g/mol. The zero-order valence-corrected chi connectivity index (χ0v) is 10.2. The molecule has 1 aromatic heterocycles. The van der Waals surface area contributed by atoms with E-state index in [9.17, 15) is 0 Å². The number of aromatic nitrogens is 2. The fourth-order valence-corrected chi connectivity index (χ4v) is 2.15. The van der Waals surface area contributed by atoms with Gasteiger partial charge in [0.05, 0.1) is 0 Å². The van der Waals surface area contributed by atoms with E-state index in [1.54, 1.807) is 0 Å². The highest BCUT2D eigenvalue weighted by Crippen LogP contribution is 2.20. The summed E-state index contributed by atoms with van der Waals surface area (Å²) in [6, 6.07) is 2.21. The second-order valence-electron chi connectivity index (χ2n) is 4.42. The number of nitrogens with zero attached hydrogens (tertiary/aromatic N) is 4. The predicted octanol–water partition coefficient (Wildman–Crippen LogP) is -0.515. The third kappa shape index (κ3) is 2.56. The van der Waals surface area contributed by atoms with E-state index in [-0.39, 0.29) is 5.95 Å². The number of hydrazine groups is 1. The monoisotopic (exact) mass is 237 g/mol. The van der Waals surface area contributed by atoms with E-state index in [4.69, 9.17) is 11.6 Å². The van der Waals surface area contributed by atoms with Crippen LogP contribution in [0.1, 0.15) is 6.92 Å². The minimum atomic E-state index is 0.238. The average molecular weight is 237 g/mol. The Kier molecular flexibility index (Phi) is 3.30. The van der Waals surface area contributed by atoms with Crippen LogP contribution in [0.3, 0.4) is 0 Å². The maximum Gasteiger partial charge on any atom is 0.223 e. The molecule has 1 aromatic rings. The summed E-state index contributed by atoms with van der Waals surface area (Å²) in [4.78, 5) is 12.8. The van der Waals surface area contributed by atoms with Crippen LogP contribution in [-0.2, 0) is 0 Å². The highest BCUT2D eigenvalue weighted by molar-refractivity contribution is 5.52. The van der Waals surface area contributed by atoms with Crippen LogP contribution in [0.15, 0.2) is 6.07 Å². The first-order valence-electron chi connectivity index (χ1n) is 5.66. The number of piperazine rings is 1. The summed E-state index contributed by atoms with van der Waals surface area (Å²) >= 11 is 0. The van der Waals surface area contributed by atoms with Crippen molar-refractivity contribution in [2.45, 2.75) is 13.0 Å². The van der Waals surface area contributed by atoms with Crippen LogP contribution < -0.4 is 21.9 Å². The first-order chi connectivity index (χ1) is 8.10. The fourth-order valence-electron chi connectivity index (χ4n) is 2.15. The second kappa shape index (κ2) is 4.72. The molecule has 0 aliphatic carbocycles.